The Labute approximate surface area is 121 Å². The van der Waals surface area contributed by atoms with Crippen LogP contribution in [0.15, 0.2) is 10.5 Å². The van der Waals surface area contributed by atoms with Crippen LogP contribution >= 0.6 is 11.3 Å². The maximum Gasteiger partial charge on any atom is 0.209 e. The first kappa shape index (κ1) is 16.7. The number of rotatable bonds is 5. The van der Waals surface area contributed by atoms with Gasteiger partial charge >= 0.3 is 0 Å². The maximum absolute atomic E-state index is 12.1. The molecule has 8 heteroatoms. The Hall–Kier alpha value is -0.310. The lowest BCUT2D eigenvalue weighted by Gasteiger charge is -2.22. The summed E-state index contributed by atoms with van der Waals surface area (Å²) >= 11 is 1.13. The lowest BCUT2D eigenvalue weighted by molar-refractivity contribution is 0.593. The van der Waals surface area contributed by atoms with Crippen LogP contribution in [-0.2, 0) is 20.8 Å². The topological polar surface area (TPSA) is 76.1 Å². The highest BCUT2D eigenvalue weighted by Gasteiger charge is 2.24. The van der Waals surface area contributed by atoms with Gasteiger partial charge in [0.15, 0.2) is 0 Å². The van der Waals surface area contributed by atoms with Crippen LogP contribution in [0.25, 0.3) is 0 Å². The normalized spacial score (nSPS) is 16.3. The van der Waals surface area contributed by atoms with E-state index in [1.54, 1.807) is 6.20 Å². The molecule has 1 rings (SSSR count). The summed E-state index contributed by atoms with van der Waals surface area (Å²) in [5, 5.41) is 0. The van der Waals surface area contributed by atoms with Crippen LogP contribution in [0.5, 0.6) is 0 Å². The maximum atomic E-state index is 12.1. The van der Waals surface area contributed by atoms with Crippen LogP contribution < -0.4 is 4.72 Å². The Kier molecular flexibility index (Phi) is 5.28. The van der Waals surface area contributed by atoms with E-state index in [0.717, 1.165) is 22.5 Å². The highest BCUT2D eigenvalue weighted by molar-refractivity contribution is 7.92. The number of aromatic nitrogens is 1. The molecule has 1 unspecified atom stereocenters. The molecule has 0 saturated carbocycles. The minimum atomic E-state index is -3.28. The Morgan fingerprint density at radius 1 is 1.47 bits per heavy atom. The number of nitrogens with zero attached hydrogens (tertiary/aromatic N) is 1. The molecule has 0 radical (unpaired) electrons. The van der Waals surface area contributed by atoms with Gasteiger partial charge in [0.25, 0.3) is 0 Å². The third-order valence-electron chi connectivity index (χ3n) is 2.38. The Balaban J connectivity index is 2.93. The Bertz CT molecular complexity index is 558. The summed E-state index contributed by atoms with van der Waals surface area (Å²) in [6.07, 6.45) is 3.40. The van der Waals surface area contributed by atoms with Gasteiger partial charge in [-0.2, -0.15) is 0 Å². The minimum Gasteiger partial charge on any atom is -0.242 e. The summed E-state index contributed by atoms with van der Waals surface area (Å²) in [5.74, 6) is 0. The molecule has 19 heavy (non-hydrogen) atoms. The van der Waals surface area contributed by atoms with Crippen molar-refractivity contribution >= 4 is 32.2 Å². The molecule has 0 spiro atoms. The lowest BCUT2D eigenvalue weighted by atomic mass is 10.2. The molecule has 0 aliphatic carbocycles. The molecule has 0 aliphatic rings. The minimum absolute atomic E-state index is 0.101. The van der Waals surface area contributed by atoms with Gasteiger partial charge in [0, 0.05) is 17.3 Å². The third kappa shape index (κ3) is 4.62. The van der Waals surface area contributed by atoms with E-state index < -0.39 is 20.8 Å². The van der Waals surface area contributed by atoms with Gasteiger partial charge in [-0.3, -0.25) is 0 Å². The molecule has 1 aromatic rings. The number of hydrogen-bond donors (Lipinski definition) is 1. The smallest absolute Gasteiger partial charge is 0.209 e. The second kappa shape index (κ2) is 5.99. The van der Waals surface area contributed by atoms with Crippen LogP contribution in [0.4, 0.5) is 0 Å². The molecule has 0 fully saturated rings. The van der Waals surface area contributed by atoms with E-state index in [0.29, 0.717) is 6.42 Å². The van der Waals surface area contributed by atoms with E-state index in [-0.39, 0.29) is 15.1 Å². The van der Waals surface area contributed by atoms with Crippen molar-refractivity contribution < 1.29 is 12.6 Å². The molecule has 5 nitrogen and oxygen atoms in total. The van der Waals surface area contributed by atoms with Crippen molar-refractivity contribution in [1.82, 2.24) is 9.71 Å². The van der Waals surface area contributed by atoms with Gasteiger partial charge in [-0.05, 0) is 27.2 Å². The van der Waals surface area contributed by atoms with Crippen LogP contribution in [0.2, 0.25) is 0 Å². The van der Waals surface area contributed by atoms with E-state index in [1.807, 2.05) is 27.7 Å². The van der Waals surface area contributed by atoms with E-state index >= 15 is 0 Å². The van der Waals surface area contributed by atoms with Crippen LogP contribution in [0.3, 0.4) is 0 Å². The average molecular weight is 324 g/mol. The number of thiazole rings is 1. The van der Waals surface area contributed by atoms with Crippen molar-refractivity contribution in [1.29, 1.82) is 0 Å². The molecule has 2 atom stereocenters. The second-order valence-electron chi connectivity index (χ2n) is 5.26. The zero-order chi connectivity index (χ0) is 14.8. The monoisotopic (exact) mass is 324 g/mol. The fraction of sp³-hybridized carbons (Fsp3) is 0.727. The zero-order valence-electron chi connectivity index (χ0n) is 11.8. The molecule has 0 aliphatic heterocycles. The van der Waals surface area contributed by atoms with Crippen LogP contribution in [0.1, 0.15) is 45.0 Å². The van der Waals surface area contributed by atoms with Crippen LogP contribution in [0, 0.1) is 0 Å². The van der Waals surface area contributed by atoms with Gasteiger partial charge in [-0.1, -0.05) is 6.92 Å². The predicted octanol–water partition coefficient (Wildman–Crippen LogP) is 2.05. The predicted molar refractivity (Wildman–Crippen MR) is 79.3 cm³/mol. The highest BCUT2D eigenvalue weighted by Crippen LogP contribution is 2.27. The van der Waals surface area contributed by atoms with Crippen molar-refractivity contribution in [2.45, 2.75) is 49.2 Å². The van der Waals surface area contributed by atoms with Crippen molar-refractivity contribution in [3.05, 3.63) is 11.1 Å². The summed E-state index contributed by atoms with van der Waals surface area (Å²) in [7, 11) is -4.48. The first-order valence-corrected chi connectivity index (χ1v) is 9.75. The quantitative estimate of drug-likeness (QED) is 0.899. The highest BCUT2D eigenvalue weighted by atomic mass is 32.2. The first-order valence-electron chi connectivity index (χ1n) is 5.89. The van der Waals surface area contributed by atoms with Gasteiger partial charge in [0.1, 0.15) is 0 Å². The van der Waals surface area contributed by atoms with Crippen molar-refractivity contribution in [3.8, 4) is 0 Å². The fourth-order valence-electron chi connectivity index (χ4n) is 1.25. The standard InChI is InChI=1S/C11H20N2O3S3/c1-6-8(13-18(14)11(2,3)4)9-7-12-10(17-9)19(5,15)16/h7-8,13H,6H2,1-5H3/t8?,18-/m0/s1. The van der Waals surface area contributed by atoms with Gasteiger partial charge in [-0.15, -0.1) is 11.3 Å². The molecule has 0 saturated heterocycles. The Morgan fingerprint density at radius 3 is 2.42 bits per heavy atom. The molecule has 0 amide bonds. The summed E-state index contributed by atoms with van der Waals surface area (Å²) in [5.41, 5.74) is 0. The molecule has 0 bridgehead atoms. The zero-order valence-corrected chi connectivity index (χ0v) is 14.2. The number of nitrogens with one attached hydrogen (secondary N) is 1. The van der Waals surface area contributed by atoms with Gasteiger partial charge < -0.3 is 0 Å². The summed E-state index contributed by atoms with van der Waals surface area (Å²) < 4.78 is 37.7. The van der Waals surface area contributed by atoms with E-state index in [9.17, 15) is 12.6 Å². The lowest BCUT2D eigenvalue weighted by Crippen LogP contribution is -2.35. The van der Waals surface area contributed by atoms with E-state index in [4.69, 9.17) is 0 Å². The summed E-state index contributed by atoms with van der Waals surface area (Å²) in [6, 6.07) is -0.145. The van der Waals surface area contributed by atoms with Gasteiger partial charge in [-0.25, -0.2) is 22.3 Å². The molecule has 0 aromatic carbocycles. The first-order chi connectivity index (χ1) is 8.55. The molecule has 1 N–H and O–H groups in total. The summed E-state index contributed by atoms with van der Waals surface area (Å²) in [4.78, 5) is 4.71. The average Bonchev–Trinajstić information content (AvgIpc) is 2.72. The second-order valence-corrected chi connectivity index (χ2v) is 10.5. The Morgan fingerprint density at radius 2 is 2.05 bits per heavy atom. The van der Waals surface area contributed by atoms with E-state index in [2.05, 4.69) is 9.71 Å². The van der Waals surface area contributed by atoms with Crippen molar-refractivity contribution in [2.75, 3.05) is 6.26 Å². The largest absolute Gasteiger partial charge is 0.242 e. The third-order valence-corrected chi connectivity index (χ3v) is 6.79. The van der Waals surface area contributed by atoms with Gasteiger partial charge in [0.05, 0.1) is 21.8 Å². The summed E-state index contributed by atoms with van der Waals surface area (Å²) in [6.45, 7) is 7.61. The van der Waals surface area contributed by atoms with E-state index in [1.165, 1.54) is 0 Å². The number of hydrogen-bond acceptors (Lipinski definition) is 5. The van der Waals surface area contributed by atoms with Gasteiger partial charge in [0.2, 0.25) is 14.2 Å². The van der Waals surface area contributed by atoms with Crippen molar-refractivity contribution in [2.24, 2.45) is 0 Å². The molecule has 110 valence electrons. The molecule has 1 aromatic heterocycles. The molecular formula is C11H20N2O3S3. The van der Waals surface area contributed by atoms with Crippen LogP contribution in [-0.4, -0.2) is 28.6 Å². The van der Waals surface area contributed by atoms with Crippen molar-refractivity contribution in [3.63, 3.8) is 0 Å². The number of sulfone groups is 1. The molecule has 1 heterocycles. The fourth-order valence-corrected chi connectivity index (χ4v) is 4.15. The SMILES string of the molecule is CCC(N[S@@](=O)C(C)(C)C)c1cnc(S(C)(=O)=O)s1. The molecular weight excluding hydrogens is 304 g/mol.